The lowest BCUT2D eigenvalue weighted by atomic mass is 9.91. The molecule has 39 heavy (non-hydrogen) atoms. The first-order valence-electron chi connectivity index (χ1n) is 13.3. The van der Waals surface area contributed by atoms with Crippen LogP contribution in [0.4, 0.5) is 10.1 Å². The standard InChI is InChI=1S/C29H30ClFN6O2/c1-20-32-17-21(18-33-20)19-35-10-8-29(31,9-11-35)28(38)37-14-12-36(13-15-37)27-23-16-22(30)6-7-25(23)39-26-5-3-2-4-24(26)34-27/h2-7,16-18H,8-15,19H2,1H3. The molecule has 2 saturated heterocycles. The number of fused-ring (bicyclic) bond motifs is 2. The maximum atomic E-state index is 15.9. The number of carbonyl (C=O) groups is 1. The number of ether oxygens (including phenoxy) is 1. The zero-order valence-electron chi connectivity index (χ0n) is 21.8. The highest BCUT2D eigenvalue weighted by Gasteiger charge is 2.45. The summed E-state index contributed by atoms with van der Waals surface area (Å²) in [5.41, 5.74) is 0.679. The Morgan fingerprint density at radius 2 is 1.72 bits per heavy atom. The summed E-state index contributed by atoms with van der Waals surface area (Å²) in [5, 5.41) is 0.588. The molecule has 0 radical (unpaired) electrons. The van der Waals surface area contributed by atoms with E-state index in [9.17, 15) is 4.79 Å². The molecule has 202 valence electrons. The third-order valence-electron chi connectivity index (χ3n) is 7.63. The quantitative estimate of drug-likeness (QED) is 0.469. The number of benzene rings is 2. The van der Waals surface area contributed by atoms with Gasteiger partial charge in [0, 0.05) is 81.6 Å². The molecule has 3 aromatic rings. The number of amides is 1. The fourth-order valence-corrected chi connectivity index (χ4v) is 5.55. The number of aromatic nitrogens is 2. The molecular formula is C29H30ClFN6O2. The Hall–Kier alpha value is -3.56. The topological polar surface area (TPSA) is 74.2 Å². The fourth-order valence-electron chi connectivity index (χ4n) is 5.38. The van der Waals surface area contributed by atoms with Crippen LogP contribution in [0.5, 0.6) is 11.5 Å². The summed E-state index contributed by atoms with van der Waals surface area (Å²) in [5.74, 6) is 2.41. The molecule has 10 heteroatoms. The average molecular weight is 549 g/mol. The molecule has 0 aliphatic carbocycles. The minimum absolute atomic E-state index is 0.186. The van der Waals surface area contributed by atoms with Crippen molar-refractivity contribution >= 4 is 29.0 Å². The highest BCUT2D eigenvalue weighted by atomic mass is 35.5. The zero-order valence-corrected chi connectivity index (χ0v) is 22.6. The number of rotatable bonds is 3. The van der Waals surface area contributed by atoms with E-state index in [1.54, 1.807) is 23.4 Å². The second-order valence-corrected chi connectivity index (χ2v) is 10.7. The number of hydrogen-bond acceptors (Lipinski definition) is 7. The van der Waals surface area contributed by atoms with Crippen molar-refractivity contribution in [2.45, 2.75) is 32.0 Å². The highest BCUT2D eigenvalue weighted by Crippen LogP contribution is 2.39. The lowest BCUT2D eigenvalue weighted by molar-refractivity contribution is -0.148. The number of aliphatic imine (C=N–C) groups is 1. The van der Waals surface area contributed by atoms with Crippen LogP contribution in [-0.4, -0.2) is 81.3 Å². The molecule has 0 saturated carbocycles. The van der Waals surface area contributed by atoms with Crippen LogP contribution in [0.2, 0.25) is 5.02 Å². The number of nitrogens with zero attached hydrogens (tertiary/aromatic N) is 6. The van der Waals surface area contributed by atoms with Crippen LogP contribution in [0.25, 0.3) is 0 Å². The molecule has 6 rings (SSSR count). The smallest absolute Gasteiger partial charge is 0.260 e. The molecule has 3 aliphatic rings. The Morgan fingerprint density at radius 3 is 2.46 bits per heavy atom. The number of aryl methyl sites for hydroxylation is 1. The minimum Gasteiger partial charge on any atom is -0.454 e. The number of carbonyl (C=O) groups excluding carboxylic acids is 1. The van der Waals surface area contributed by atoms with Gasteiger partial charge in [0.25, 0.3) is 5.91 Å². The molecular weight excluding hydrogens is 519 g/mol. The maximum Gasteiger partial charge on any atom is 0.260 e. The Balaban J connectivity index is 1.11. The van der Waals surface area contributed by atoms with Gasteiger partial charge < -0.3 is 14.5 Å². The van der Waals surface area contributed by atoms with Crippen molar-refractivity contribution in [3.8, 4) is 11.5 Å². The van der Waals surface area contributed by atoms with Gasteiger partial charge >= 0.3 is 0 Å². The van der Waals surface area contributed by atoms with Gasteiger partial charge in [0.1, 0.15) is 23.1 Å². The van der Waals surface area contributed by atoms with Crippen molar-refractivity contribution in [3.63, 3.8) is 0 Å². The average Bonchev–Trinajstić information content (AvgIpc) is 3.12. The second-order valence-electron chi connectivity index (χ2n) is 10.3. The van der Waals surface area contributed by atoms with Crippen molar-refractivity contribution in [1.29, 1.82) is 0 Å². The molecule has 0 bridgehead atoms. The molecule has 3 aliphatic heterocycles. The summed E-state index contributed by atoms with van der Waals surface area (Å²) in [6.07, 6.45) is 3.98. The van der Waals surface area contributed by atoms with E-state index in [1.165, 1.54) is 0 Å². The monoisotopic (exact) mass is 548 g/mol. The number of alkyl halides is 1. The third-order valence-corrected chi connectivity index (χ3v) is 7.87. The van der Waals surface area contributed by atoms with Gasteiger partial charge in [-0.15, -0.1) is 0 Å². The number of halogens is 2. The Morgan fingerprint density at radius 1 is 1.00 bits per heavy atom. The molecule has 8 nitrogen and oxygen atoms in total. The lowest BCUT2D eigenvalue weighted by Gasteiger charge is -2.41. The van der Waals surface area contributed by atoms with Crippen molar-refractivity contribution in [1.82, 2.24) is 24.7 Å². The van der Waals surface area contributed by atoms with E-state index >= 15 is 4.39 Å². The van der Waals surface area contributed by atoms with E-state index in [1.807, 2.05) is 43.3 Å². The van der Waals surface area contributed by atoms with Gasteiger partial charge in [0.15, 0.2) is 11.4 Å². The fraction of sp³-hybridized carbons (Fsp3) is 0.379. The van der Waals surface area contributed by atoms with Crippen LogP contribution in [0.15, 0.2) is 59.9 Å². The van der Waals surface area contributed by atoms with Gasteiger partial charge in [-0.05, 0) is 37.3 Å². The highest BCUT2D eigenvalue weighted by molar-refractivity contribution is 6.31. The number of amidine groups is 1. The van der Waals surface area contributed by atoms with Crippen molar-refractivity contribution in [2.75, 3.05) is 39.3 Å². The predicted octanol–water partition coefficient (Wildman–Crippen LogP) is 4.77. The van der Waals surface area contributed by atoms with Gasteiger partial charge in [0.05, 0.1) is 5.56 Å². The molecule has 0 unspecified atom stereocenters. The Kier molecular flexibility index (Phi) is 6.95. The van der Waals surface area contributed by atoms with Crippen LogP contribution >= 0.6 is 11.6 Å². The number of hydrogen-bond donors (Lipinski definition) is 0. The van der Waals surface area contributed by atoms with Crippen LogP contribution in [0.3, 0.4) is 0 Å². The molecule has 1 aromatic heterocycles. The van der Waals surface area contributed by atoms with Gasteiger partial charge in [-0.25, -0.2) is 19.4 Å². The summed E-state index contributed by atoms with van der Waals surface area (Å²) in [6, 6.07) is 13.1. The van der Waals surface area contributed by atoms with Crippen LogP contribution in [-0.2, 0) is 11.3 Å². The van der Waals surface area contributed by atoms with E-state index in [0.29, 0.717) is 62.3 Å². The van der Waals surface area contributed by atoms with Crippen molar-refractivity contribution in [3.05, 3.63) is 76.8 Å². The predicted molar refractivity (Wildman–Crippen MR) is 147 cm³/mol. The van der Waals surface area contributed by atoms with E-state index in [0.717, 1.165) is 28.5 Å². The van der Waals surface area contributed by atoms with Gasteiger partial charge in [-0.1, -0.05) is 23.7 Å². The van der Waals surface area contributed by atoms with E-state index in [2.05, 4.69) is 19.8 Å². The molecule has 2 fully saturated rings. The van der Waals surface area contributed by atoms with Crippen LogP contribution in [0.1, 0.15) is 29.8 Å². The third kappa shape index (κ3) is 5.33. The Bertz CT molecular complexity index is 1400. The molecule has 0 spiro atoms. The molecule has 0 N–H and O–H groups in total. The van der Waals surface area contributed by atoms with Crippen LogP contribution in [0, 0.1) is 6.92 Å². The van der Waals surface area contributed by atoms with E-state index in [-0.39, 0.29) is 12.8 Å². The minimum atomic E-state index is -1.84. The molecule has 1 amide bonds. The number of likely N-dealkylation sites (tertiary alicyclic amines) is 1. The first-order valence-corrected chi connectivity index (χ1v) is 13.6. The normalized spacial score (nSPS) is 18.9. The number of piperazine rings is 1. The van der Waals surface area contributed by atoms with Gasteiger partial charge in [-0.2, -0.15) is 0 Å². The Labute approximate surface area is 232 Å². The summed E-state index contributed by atoms with van der Waals surface area (Å²) in [4.78, 5) is 32.7. The summed E-state index contributed by atoms with van der Waals surface area (Å²) < 4.78 is 22.1. The molecule has 4 heterocycles. The molecule has 2 aromatic carbocycles. The van der Waals surface area contributed by atoms with Crippen molar-refractivity contribution in [2.24, 2.45) is 4.99 Å². The number of para-hydroxylation sites is 2. The summed E-state index contributed by atoms with van der Waals surface area (Å²) in [7, 11) is 0. The second kappa shape index (κ2) is 10.5. The van der Waals surface area contributed by atoms with Gasteiger partial charge in [0.2, 0.25) is 0 Å². The van der Waals surface area contributed by atoms with Crippen molar-refractivity contribution < 1.29 is 13.9 Å². The van der Waals surface area contributed by atoms with Gasteiger partial charge in [-0.3, -0.25) is 9.69 Å². The van der Waals surface area contributed by atoms with E-state index in [4.69, 9.17) is 21.3 Å². The largest absolute Gasteiger partial charge is 0.454 e. The number of piperidine rings is 1. The van der Waals surface area contributed by atoms with Crippen LogP contribution < -0.4 is 4.74 Å². The first kappa shape index (κ1) is 25.7. The summed E-state index contributed by atoms with van der Waals surface area (Å²) >= 11 is 6.34. The SMILES string of the molecule is Cc1ncc(CN2CCC(F)(C(=O)N3CCN(C4=Nc5ccccc5Oc5ccc(Cl)cc54)CC3)CC2)cn1. The lowest BCUT2D eigenvalue weighted by Crippen LogP contribution is -2.57. The molecule has 0 atom stereocenters. The maximum absolute atomic E-state index is 15.9. The summed E-state index contributed by atoms with van der Waals surface area (Å²) in [6.45, 7) is 5.46. The first-order chi connectivity index (χ1) is 18.9. The zero-order chi connectivity index (χ0) is 27.0. The van der Waals surface area contributed by atoms with E-state index < -0.39 is 11.6 Å².